The maximum atomic E-state index is 4.63. The van der Waals surface area contributed by atoms with Crippen molar-refractivity contribution >= 4 is 40.2 Å². The first-order valence-corrected chi connectivity index (χ1v) is 10.3. The Hall–Kier alpha value is -3.18. The lowest BCUT2D eigenvalue weighted by molar-refractivity contribution is 1.13. The van der Waals surface area contributed by atoms with E-state index in [1.165, 1.54) is 28.6 Å². The zero-order chi connectivity index (χ0) is 20.4. The predicted molar refractivity (Wildman–Crippen MR) is 124 cm³/mol. The maximum Gasteiger partial charge on any atom is 0.112 e. The number of fused-ring (bicyclic) bond motifs is 1. The molecule has 0 unspecified atom stereocenters. The number of anilines is 1. The first-order valence-electron chi connectivity index (χ1n) is 9.56. The molecule has 5 heteroatoms. The third kappa shape index (κ3) is 3.74. The fourth-order valence-electron chi connectivity index (χ4n) is 3.51. The minimum atomic E-state index is 0.965. The van der Waals surface area contributed by atoms with Gasteiger partial charge in [0, 0.05) is 38.6 Å². The van der Waals surface area contributed by atoms with E-state index in [4.69, 9.17) is 0 Å². The zero-order valence-electron chi connectivity index (χ0n) is 17.1. The Morgan fingerprint density at radius 2 is 1.59 bits per heavy atom. The van der Waals surface area contributed by atoms with Crippen LogP contribution >= 0.6 is 11.7 Å². The highest BCUT2D eigenvalue weighted by Crippen LogP contribution is 2.30. The summed E-state index contributed by atoms with van der Waals surface area (Å²) in [5, 5.41) is 5.39. The molecule has 0 spiro atoms. The lowest BCUT2D eigenvalue weighted by atomic mass is 9.93. The molecule has 1 aromatic heterocycles. The number of hydrogen-bond acceptors (Lipinski definition) is 5. The van der Waals surface area contributed by atoms with E-state index in [2.05, 4.69) is 101 Å². The summed E-state index contributed by atoms with van der Waals surface area (Å²) < 4.78 is 9.15. The average molecular weight is 401 g/mol. The summed E-state index contributed by atoms with van der Waals surface area (Å²) in [5.74, 6) is 0. The van der Waals surface area contributed by atoms with Crippen LogP contribution in [0.4, 0.5) is 5.69 Å². The summed E-state index contributed by atoms with van der Waals surface area (Å²) in [6.07, 6.45) is 1.99. The Morgan fingerprint density at radius 3 is 2.24 bits per heavy atom. The molecule has 1 heterocycles. The van der Waals surface area contributed by atoms with Crippen molar-refractivity contribution in [1.29, 1.82) is 0 Å². The molecule has 0 radical (unpaired) electrons. The molecule has 3 aromatic carbocycles. The van der Waals surface area contributed by atoms with Gasteiger partial charge in [-0.15, -0.1) is 0 Å². The van der Waals surface area contributed by atoms with Crippen LogP contribution in [0.1, 0.15) is 16.7 Å². The third-order valence-electron chi connectivity index (χ3n) is 5.07. The van der Waals surface area contributed by atoms with E-state index in [0.29, 0.717) is 0 Å². The van der Waals surface area contributed by atoms with Crippen molar-refractivity contribution in [3.63, 3.8) is 0 Å². The molecule has 0 aliphatic carbocycles. The quantitative estimate of drug-likeness (QED) is 0.571. The van der Waals surface area contributed by atoms with Crippen LogP contribution in [0.3, 0.4) is 0 Å². The van der Waals surface area contributed by atoms with Crippen LogP contribution in [0.25, 0.3) is 22.8 Å². The number of benzene rings is 3. The molecule has 0 amide bonds. The molecule has 0 bridgehead atoms. The molecule has 0 saturated carbocycles. The Labute approximate surface area is 175 Å². The van der Waals surface area contributed by atoms with Crippen molar-refractivity contribution in [2.24, 2.45) is 0 Å². The SMILES string of the molecule is CNC=c1ccc(=C(c2ccc(N(C)C)cc2)c2ccc(C)c3nsnc23)cc1. The lowest BCUT2D eigenvalue weighted by Gasteiger charge is -2.15. The van der Waals surface area contributed by atoms with Gasteiger partial charge in [0.2, 0.25) is 0 Å². The fourth-order valence-corrected chi connectivity index (χ4v) is 4.13. The average Bonchev–Trinajstić information content (AvgIpc) is 3.23. The summed E-state index contributed by atoms with van der Waals surface area (Å²) in [6.45, 7) is 2.08. The van der Waals surface area contributed by atoms with Gasteiger partial charge in [-0.25, -0.2) is 0 Å². The molecule has 4 nitrogen and oxygen atoms in total. The molecule has 0 aliphatic heterocycles. The molecule has 146 valence electrons. The van der Waals surface area contributed by atoms with Crippen molar-refractivity contribution < 1.29 is 0 Å². The van der Waals surface area contributed by atoms with Crippen LogP contribution in [-0.4, -0.2) is 29.9 Å². The fraction of sp³-hybridized carbons (Fsp3) is 0.167. The summed E-state index contributed by atoms with van der Waals surface area (Å²) in [5.41, 5.74) is 7.73. The van der Waals surface area contributed by atoms with Gasteiger partial charge >= 0.3 is 0 Å². The van der Waals surface area contributed by atoms with Crippen molar-refractivity contribution in [2.45, 2.75) is 6.92 Å². The van der Waals surface area contributed by atoms with Gasteiger partial charge in [-0.3, -0.25) is 0 Å². The van der Waals surface area contributed by atoms with Gasteiger partial charge in [0.25, 0.3) is 0 Å². The van der Waals surface area contributed by atoms with Gasteiger partial charge in [0.15, 0.2) is 0 Å². The second-order valence-corrected chi connectivity index (χ2v) is 7.79. The molecule has 0 atom stereocenters. The Balaban J connectivity index is 2.01. The molecule has 0 aliphatic rings. The van der Waals surface area contributed by atoms with Crippen LogP contribution in [0.5, 0.6) is 0 Å². The second-order valence-electron chi connectivity index (χ2n) is 7.26. The lowest BCUT2D eigenvalue weighted by Crippen LogP contribution is -2.14. The van der Waals surface area contributed by atoms with Gasteiger partial charge < -0.3 is 10.2 Å². The van der Waals surface area contributed by atoms with E-state index >= 15 is 0 Å². The number of nitrogens with one attached hydrogen (secondary N) is 1. The summed E-state index contributed by atoms with van der Waals surface area (Å²) in [6, 6.07) is 21.6. The van der Waals surface area contributed by atoms with E-state index in [-0.39, 0.29) is 0 Å². The minimum absolute atomic E-state index is 0.965. The third-order valence-corrected chi connectivity index (χ3v) is 5.60. The van der Waals surface area contributed by atoms with Gasteiger partial charge in [-0.2, -0.15) is 8.75 Å². The monoisotopic (exact) mass is 400 g/mol. The van der Waals surface area contributed by atoms with Crippen LogP contribution < -0.4 is 20.7 Å². The van der Waals surface area contributed by atoms with Crippen LogP contribution in [0, 0.1) is 6.92 Å². The Bertz CT molecular complexity index is 1250. The number of rotatable bonds is 4. The minimum Gasteiger partial charge on any atom is -0.393 e. The molecular weight excluding hydrogens is 376 g/mol. The number of aromatic nitrogens is 2. The summed E-state index contributed by atoms with van der Waals surface area (Å²) >= 11 is 1.27. The van der Waals surface area contributed by atoms with Crippen molar-refractivity contribution in [1.82, 2.24) is 14.1 Å². The molecule has 0 fully saturated rings. The van der Waals surface area contributed by atoms with E-state index in [9.17, 15) is 0 Å². The highest BCUT2D eigenvalue weighted by atomic mass is 32.1. The second kappa shape index (κ2) is 8.05. The van der Waals surface area contributed by atoms with Gasteiger partial charge in [-0.1, -0.05) is 48.5 Å². The molecule has 29 heavy (non-hydrogen) atoms. The number of nitrogens with zero attached hydrogens (tertiary/aromatic N) is 3. The first kappa shape index (κ1) is 19.2. The van der Waals surface area contributed by atoms with E-state index < -0.39 is 0 Å². The van der Waals surface area contributed by atoms with E-state index in [1.807, 2.05) is 13.2 Å². The largest absolute Gasteiger partial charge is 0.393 e. The zero-order valence-corrected chi connectivity index (χ0v) is 17.9. The molecule has 0 saturated heterocycles. The normalized spacial score (nSPS) is 10.8. The summed E-state index contributed by atoms with van der Waals surface area (Å²) in [4.78, 5) is 2.11. The van der Waals surface area contributed by atoms with Crippen LogP contribution in [0.15, 0.2) is 60.7 Å². The molecule has 1 N–H and O–H groups in total. The van der Waals surface area contributed by atoms with Crippen LogP contribution in [-0.2, 0) is 0 Å². The standard InChI is InChI=1S/C24H24N4S/c1-16-5-14-21(24-23(16)26-29-27-24)22(18-8-6-17(7-9-18)15-25-2)19-10-12-20(13-11-19)28(3)4/h5-15,25H,1-4H3. The summed E-state index contributed by atoms with van der Waals surface area (Å²) in [7, 11) is 6.03. The number of aryl methyl sites for hydroxylation is 1. The smallest absolute Gasteiger partial charge is 0.112 e. The predicted octanol–water partition coefficient (Wildman–Crippen LogP) is 3.27. The van der Waals surface area contributed by atoms with E-state index in [1.54, 1.807) is 0 Å². The topological polar surface area (TPSA) is 41.0 Å². The first-order chi connectivity index (χ1) is 14.1. The van der Waals surface area contributed by atoms with E-state index in [0.717, 1.165) is 32.6 Å². The maximum absolute atomic E-state index is 4.63. The Kier molecular flexibility index (Phi) is 5.32. The van der Waals surface area contributed by atoms with Gasteiger partial charge in [0.1, 0.15) is 11.0 Å². The Morgan fingerprint density at radius 1 is 0.897 bits per heavy atom. The van der Waals surface area contributed by atoms with Crippen molar-refractivity contribution in [3.8, 4) is 0 Å². The van der Waals surface area contributed by atoms with Crippen molar-refractivity contribution in [2.75, 3.05) is 26.0 Å². The molecule has 4 rings (SSSR count). The van der Waals surface area contributed by atoms with Crippen molar-refractivity contribution in [3.05, 3.63) is 87.8 Å². The highest BCUT2D eigenvalue weighted by molar-refractivity contribution is 7.00. The van der Waals surface area contributed by atoms with Crippen LogP contribution in [0.2, 0.25) is 0 Å². The molecular formula is C24H24N4S. The van der Waals surface area contributed by atoms with Gasteiger partial charge in [-0.05, 0) is 46.2 Å². The number of hydrogen-bond donors (Lipinski definition) is 1. The highest BCUT2D eigenvalue weighted by Gasteiger charge is 2.14. The molecule has 4 aromatic rings. The van der Waals surface area contributed by atoms with Gasteiger partial charge in [0.05, 0.1) is 11.7 Å².